The van der Waals surface area contributed by atoms with Crippen LogP contribution in [0.5, 0.6) is 0 Å². The average Bonchev–Trinajstić information content (AvgIpc) is 2.44. The van der Waals surface area contributed by atoms with Crippen LogP contribution in [-0.2, 0) is 0 Å². The van der Waals surface area contributed by atoms with E-state index in [1.54, 1.807) is 0 Å². The highest BCUT2D eigenvalue weighted by atomic mass is 16.2. The molecule has 1 aromatic heterocycles. The summed E-state index contributed by atoms with van der Waals surface area (Å²) in [4.78, 5) is 8.96. The predicted molar refractivity (Wildman–Crippen MR) is 78.5 cm³/mol. The summed E-state index contributed by atoms with van der Waals surface area (Å²) in [7, 11) is 0. The zero-order chi connectivity index (χ0) is 13.5. The summed E-state index contributed by atoms with van der Waals surface area (Å²) in [6.07, 6.45) is 1.72. The molecule has 0 unspecified atom stereocenters. The van der Waals surface area contributed by atoms with Crippen LogP contribution in [0, 0.1) is 0 Å². The first-order valence-electron chi connectivity index (χ1n) is 6.70. The molecule has 3 N–H and O–H groups in total. The Morgan fingerprint density at radius 1 is 1.11 bits per heavy atom. The molecular formula is C14H20N4O. The van der Waals surface area contributed by atoms with Gasteiger partial charge in [0.2, 0.25) is 5.95 Å². The number of hydrogen-bond acceptors (Lipinski definition) is 5. The number of nitrogens with zero attached hydrogens (tertiary/aromatic N) is 2. The molecule has 0 saturated carbocycles. The fraction of sp³-hybridized carbons (Fsp3) is 0.429. The van der Waals surface area contributed by atoms with Crippen LogP contribution in [0.3, 0.4) is 0 Å². The third-order valence-electron chi connectivity index (χ3n) is 2.82. The van der Waals surface area contributed by atoms with E-state index >= 15 is 0 Å². The highest BCUT2D eigenvalue weighted by Gasteiger charge is 2.06. The van der Waals surface area contributed by atoms with Crippen LogP contribution in [0.25, 0.3) is 10.9 Å². The Hall–Kier alpha value is -1.88. The summed E-state index contributed by atoms with van der Waals surface area (Å²) in [6.45, 7) is 3.84. The maximum Gasteiger partial charge on any atom is 0.225 e. The zero-order valence-corrected chi connectivity index (χ0v) is 11.2. The first-order chi connectivity index (χ1) is 9.35. The lowest BCUT2D eigenvalue weighted by Gasteiger charge is -2.10. The Morgan fingerprint density at radius 2 is 1.95 bits per heavy atom. The van der Waals surface area contributed by atoms with Gasteiger partial charge in [0.1, 0.15) is 5.82 Å². The number of aliphatic hydroxyl groups excluding tert-OH is 1. The first kappa shape index (κ1) is 13.5. The Labute approximate surface area is 113 Å². The van der Waals surface area contributed by atoms with E-state index in [0.29, 0.717) is 5.95 Å². The van der Waals surface area contributed by atoms with E-state index in [0.717, 1.165) is 42.7 Å². The normalized spacial score (nSPS) is 10.6. The van der Waals surface area contributed by atoms with E-state index in [9.17, 15) is 0 Å². The van der Waals surface area contributed by atoms with Crippen molar-refractivity contribution in [3.05, 3.63) is 24.3 Å². The highest BCUT2D eigenvalue weighted by molar-refractivity contribution is 5.89. The predicted octanol–water partition coefficient (Wildman–Crippen LogP) is 2.25. The van der Waals surface area contributed by atoms with Crippen LogP contribution in [0.15, 0.2) is 24.3 Å². The van der Waals surface area contributed by atoms with Crippen molar-refractivity contribution in [2.75, 3.05) is 30.3 Å². The molecule has 2 rings (SSSR count). The molecule has 0 aliphatic rings. The summed E-state index contributed by atoms with van der Waals surface area (Å²) >= 11 is 0. The summed E-state index contributed by atoms with van der Waals surface area (Å²) in [6, 6.07) is 7.95. The van der Waals surface area contributed by atoms with Crippen molar-refractivity contribution in [2.45, 2.75) is 19.8 Å². The monoisotopic (exact) mass is 260 g/mol. The molecule has 2 aromatic rings. The molecular weight excluding hydrogens is 240 g/mol. The minimum atomic E-state index is 0.231. The third-order valence-corrected chi connectivity index (χ3v) is 2.82. The zero-order valence-electron chi connectivity index (χ0n) is 11.2. The van der Waals surface area contributed by atoms with Gasteiger partial charge in [0, 0.05) is 25.1 Å². The molecule has 5 heteroatoms. The van der Waals surface area contributed by atoms with Gasteiger partial charge in [0.05, 0.1) is 5.52 Å². The number of hydrogen-bond donors (Lipinski definition) is 3. The van der Waals surface area contributed by atoms with E-state index in [2.05, 4.69) is 20.6 Å². The number of unbranched alkanes of at least 4 members (excludes halogenated alkanes) is 1. The quantitative estimate of drug-likeness (QED) is 0.666. The number of fused-ring (bicyclic) bond motifs is 1. The lowest BCUT2D eigenvalue weighted by Crippen LogP contribution is -2.08. The third kappa shape index (κ3) is 3.54. The van der Waals surface area contributed by atoms with Gasteiger partial charge in [-0.15, -0.1) is 0 Å². The molecule has 102 valence electrons. The van der Waals surface area contributed by atoms with Gasteiger partial charge in [-0.3, -0.25) is 0 Å². The second-order valence-electron chi connectivity index (χ2n) is 4.30. The highest BCUT2D eigenvalue weighted by Crippen LogP contribution is 2.21. The molecule has 0 radical (unpaired) electrons. The minimum Gasteiger partial charge on any atom is -0.396 e. The van der Waals surface area contributed by atoms with Crippen molar-refractivity contribution in [1.82, 2.24) is 9.97 Å². The minimum absolute atomic E-state index is 0.231. The fourth-order valence-corrected chi connectivity index (χ4v) is 1.89. The van der Waals surface area contributed by atoms with Gasteiger partial charge >= 0.3 is 0 Å². The van der Waals surface area contributed by atoms with Crippen LogP contribution in [-0.4, -0.2) is 34.8 Å². The largest absolute Gasteiger partial charge is 0.396 e. The number of aliphatic hydroxyl groups is 1. The van der Waals surface area contributed by atoms with Crippen LogP contribution < -0.4 is 10.6 Å². The number of nitrogens with one attached hydrogen (secondary N) is 2. The van der Waals surface area contributed by atoms with Gasteiger partial charge in [0.25, 0.3) is 0 Å². The maximum atomic E-state index is 8.79. The van der Waals surface area contributed by atoms with Crippen molar-refractivity contribution < 1.29 is 5.11 Å². The smallest absolute Gasteiger partial charge is 0.225 e. The summed E-state index contributed by atoms with van der Waals surface area (Å²) in [5.41, 5.74) is 0.929. The van der Waals surface area contributed by atoms with Gasteiger partial charge in [-0.2, -0.15) is 4.98 Å². The van der Waals surface area contributed by atoms with Gasteiger partial charge in [-0.25, -0.2) is 4.98 Å². The first-order valence-corrected chi connectivity index (χ1v) is 6.70. The average molecular weight is 260 g/mol. The topological polar surface area (TPSA) is 70.1 Å². The maximum absolute atomic E-state index is 8.79. The molecule has 0 fully saturated rings. The van der Waals surface area contributed by atoms with Crippen LogP contribution >= 0.6 is 0 Å². The molecule has 0 amide bonds. The van der Waals surface area contributed by atoms with Crippen LogP contribution in [0.2, 0.25) is 0 Å². The molecule has 0 saturated heterocycles. The molecule has 1 heterocycles. The van der Waals surface area contributed by atoms with Crippen molar-refractivity contribution in [2.24, 2.45) is 0 Å². The van der Waals surface area contributed by atoms with E-state index in [-0.39, 0.29) is 6.61 Å². The van der Waals surface area contributed by atoms with Gasteiger partial charge in [0.15, 0.2) is 0 Å². The van der Waals surface area contributed by atoms with Gasteiger partial charge < -0.3 is 15.7 Å². The summed E-state index contributed by atoms with van der Waals surface area (Å²) < 4.78 is 0. The van der Waals surface area contributed by atoms with E-state index in [4.69, 9.17) is 5.11 Å². The van der Waals surface area contributed by atoms with Crippen LogP contribution in [0.4, 0.5) is 11.8 Å². The Balaban J connectivity index is 2.23. The Morgan fingerprint density at radius 3 is 2.74 bits per heavy atom. The van der Waals surface area contributed by atoms with Gasteiger partial charge in [-0.1, -0.05) is 12.1 Å². The number of para-hydroxylation sites is 1. The Bertz CT molecular complexity index is 530. The van der Waals surface area contributed by atoms with Crippen molar-refractivity contribution in [3.63, 3.8) is 0 Å². The van der Waals surface area contributed by atoms with Crippen molar-refractivity contribution in [1.29, 1.82) is 0 Å². The molecule has 5 nitrogen and oxygen atoms in total. The lowest BCUT2D eigenvalue weighted by atomic mass is 10.2. The SMILES string of the molecule is CCNc1nc(NCCCCO)c2ccccc2n1. The standard InChI is InChI=1S/C14H20N4O/c1-2-15-14-17-12-8-4-3-7-11(12)13(18-14)16-9-5-6-10-19/h3-4,7-8,19H,2,5-6,9-10H2,1H3,(H2,15,16,17,18). The summed E-state index contributed by atoms with van der Waals surface area (Å²) in [5.74, 6) is 1.49. The van der Waals surface area contributed by atoms with Crippen molar-refractivity contribution >= 4 is 22.7 Å². The fourth-order valence-electron chi connectivity index (χ4n) is 1.89. The second-order valence-corrected chi connectivity index (χ2v) is 4.30. The molecule has 0 spiro atoms. The molecule has 0 bridgehead atoms. The number of anilines is 2. The number of aromatic nitrogens is 2. The molecule has 0 aliphatic heterocycles. The molecule has 0 atom stereocenters. The molecule has 0 aliphatic carbocycles. The lowest BCUT2D eigenvalue weighted by molar-refractivity contribution is 0.286. The molecule has 1 aromatic carbocycles. The van der Waals surface area contributed by atoms with Crippen LogP contribution in [0.1, 0.15) is 19.8 Å². The number of benzene rings is 1. The van der Waals surface area contributed by atoms with E-state index in [1.165, 1.54) is 0 Å². The van der Waals surface area contributed by atoms with Crippen molar-refractivity contribution in [3.8, 4) is 0 Å². The molecule has 19 heavy (non-hydrogen) atoms. The second kappa shape index (κ2) is 6.89. The number of rotatable bonds is 7. The van der Waals surface area contributed by atoms with E-state index < -0.39 is 0 Å². The summed E-state index contributed by atoms with van der Waals surface area (Å²) in [5, 5.41) is 16.3. The van der Waals surface area contributed by atoms with E-state index in [1.807, 2.05) is 31.2 Å². The Kier molecular flexibility index (Phi) is 4.92. The van der Waals surface area contributed by atoms with Gasteiger partial charge in [-0.05, 0) is 31.9 Å².